The Morgan fingerprint density at radius 2 is 1.85 bits per heavy atom. The number of aryl methyl sites for hydroxylation is 1. The molecule has 224 valence electrons. The number of benzene rings is 1. The summed E-state index contributed by atoms with van der Waals surface area (Å²) in [5, 5.41) is 10.9. The molecule has 0 radical (unpaired) electrons. The summed E-state index contributed by atoms with van der Waals surface area (Å²) in [6, 6.07) is 7.47. The van der Waals surface area contributed by atoms with Crippen molar-refractivity contribution in [1.82, 2.24) is 19.4 Å². The van der Waals surface area contributed by atoms with Crippen LogP contribution in [0.5, 0.6) is 0 Å². The topological polar surface area (TPSA) is 106 Å². The Morgan fingerprint density at radius 1 is 1.12 bits per heavy atom. The van der Waals surface area contributed by atoms with Crippen molar-refractivity contribution in [1.29, 1.82) is 0 Å². The third-order valence-corrected chi connectivity index (χ3v) is 7.08. The molecule has 1 saturated heterocycles. The van der Waals surface area contributed by atoms with Gasteiger partial charge < -0.3 is 33.7 Å². The predicted octanol–water partition coefficient (Wildman–Crippen LogP) is 4.19. The van der Waals surface area contributed by atoms with Gasteiger partial charge in [-0.3, -0.25) is 4.79 Å². The van der Waals surface area contributed by atoms with Crippen LogP contribution in [0.15, 0.2) is 24.3 Å². The normalized spacial score (nSPS) is 18.8. The summed E-state index contributed by atoms with van der Waals surface area (Å²) in [5.74, 6) is 0.125. The zero-order valence-corrected chi connectivity index (χ0v) is 25.3. The van der Waals surface area contributed by atoms with Crippen LogP contribution in [0.3, 0.4) is 0 Å². The van der Waals surface area contributed by atoms with E-state index in [1.54, 1.807) is 19.1 Å². The van der Waals surface area contributed by atoms with Gasteiger partial charge in [-0.25, -0.2) is 9.78 Å². The molecule has 1 aromatic heterocycles. The molecule has 1 N–H and O–H groups in total. The van der Waals surface area contributed by atoms with E-state index in [1.165, 1.54) is 0 Å². The van der Waals surface area contributed by atoms with E-state index in [0.717, 1.165) is 23.9 Å². The van der Waals surface area contributed by atoms with Crippen LogP contribution in [0.25, 0.3) is 11.0 Å². The van der Waals surface area contributed by atoms with E-state index >= 15 is 0 Å². The van der Waals surface area contributed by atoms with E-state index in [1.807, 2.05) is 54.5 Å². The monoisotopic (exact) mass is 560 g/mol. The number of para-hydroxylation sites is 2. The van der Waals surface area contributed by atoms with Crippen LogP contribution >= 0.6 is 0 Å². The molecular weight excluding hydrogens is 512 g/mol. The molecule has 2 heterocycles. The Kier molecular flexibility index (Phi) is 11.4. The summed E-state index contributed by atoms with van der Waals surface area (Å²) in [7, 11) is 3.23. The van der Waals surface area contributed by atoms with Gasteiger partial charge >= 0.3 is 6.09 Å². The summed E-state index contributed by atoms with van der Waals surface area (Å²) in [5.41, 5.74) is 1.03. The van der Waals surface area contributed by atoms with Gasteiger partial charge in [0.25, 0.3) is 5.91 Å². The minimum Gasteiger partial charge on any atom is -0.444 e. The smallest absolute Gasteiger partial charge is 0.410 e. The third kappa shape index (κ3) is 8.41. The van der Waals surface area contributed by atoms with Crippen molar-refractivity contribution in [3.8, 4) is 0 Å². The molecule has 40 heavy (non-hydrogen) atoms. The number of rotatable bonds is 12. The second-order valence-electron chi connectivity index (χ2n) is 12.2. The summed E-state index contributed by atoms with van der Waals surface area (Å²) in [6.45, 7) is 12.2. The molecule has 10 nitrogen and oxygen atoms in total. The SMILES string of the molecule is COCCCCn1c(C(=O)N(CC(C)C)[C@H]2CC([C@H](O)COC)CN(C(=O)OC(C)(C)C)C2)nc2ccccc21. The molecule has 1 aromatic carbocycles. The molecule has 0 aliphatic carbocycles. The zero-order chi connectivity index (χ0) is 29.4. The Hall–Kier alpha value is -2.69. The largest absolute Gasteiger partial charge is 0.444 e. The summed E-state index contributed by atoms with van der Waals surface area (Å²) >= 11 is 0. The first-order valence-corrected chi connectivity index (χ1v) is 14.3. The van der Waals surface area contributed by atoms with E-state index in [4.69, 9.17) is 19.2 Å². The number of likely N-dealkylation sites (tertiary alicyclic amines) is 1. The number of carbonyl (C=O) groups is 2. The van der Waals surface area contributed by atoms with Crippen LogP contribution in [0.2, 0.25) is 0 Å². The van der Waals surface area contributed by atoms with Gasteiger partial charge in [-0.15, -0.1) is 0 Å². The number of unbranched alkanes of at least 4 members (excludes halogenated alkanes) is 1. The molecule has 1 aliphatic heterocycles. The number of fused-ring (bicyclic) bond motifs is 1. The van der Waals surface area contributed by atoms with Crippen molar-refractivity contribution in [2.75, 3.05) is 47.1 Å². The molecule has 3 atom stereocenters. The summed E-state index contributed by atoms with van der Waals surface area (Å²) in [4.78, 5) is 35.8. The average molecular weight is 561 g/mol. The van der Waals surface area contributed by atoms with Crippen LogP contribution in [-0.2, 0) is 20.8 Å². The van der Waals surface area contributed by atoms with Crippen LogP contribution in [0, 0.1) is 11.8 Å². The highest BCUT2D eigenvalue weighted by molar-refractivity contribution is 5.95. The van der Waals surface area contributed by atoms with Gasteiger partial charge in [0.1, 0.15) is 5.60 Å². The van der Waals surface area contributed by atoms with Gasteiger partial charge in [0.15, 0.2) is 5.82 Å². The molecule has 0 bridgehead atoms. The molecule has 10 heteroatoms. The third-order valence-electron chi connectivity index (χ3n) is 7.08. The summed E-state index contributed by atoms with van der Waals surface area (Å²) in [6.07, 6.45) is 1.03. The van der Waals surface area contributed by atoms with Crippen molar-refractivity contribution in [2.24, 2.45) is 11.8 Å². The minimum atomic E-state index is -0.779. The Labute approximate surface area is 238 Å². The van der Waals surface area contributed by atoms with Crippen molar-refractivity contribution in [2.45, 2.75) is 78.2 Å². The first-order valence-electron chi connectivity index (χ1n) is 14.3. The van der Waals surface area contributed by atoms with Gasteiger partial charge in [0, 0.05) is 52.9 Å². The Morgan fingerprint density at radius 3 is 2.50 bits per heavy atom. The first kappa shape index (κ1) is 31.8. The standard InChI is InChI=1S/C30H48N4O6/c1-21(2)17-34(23-16-22(26(35)20-39-7)18-32(19-23)29(37)40-30(3,4)5)28(36)27-31-24-12-8-9-13-25(24)33(27)14-10-11-15-38-6/h8-9,12-13,21-23,26,35H,10-11,14-20H2,1-7H3/t22?,23-,26+/m0/s1. The van der Waals surface area contributed by atoms with Gasteiger partial charge in [-0.1, -0.05) is 26.0 Å². The van der Waals surface area contributed by atoms with Gasteiger partial charge in [-0.2, -0.15) is 0 Å². The number of aliphatic hydroxyl groups excluding tert-OH is 1. The molecule has 1 unspecified atom stereocenters. The number of methoxy groups -OCH3 is 2. The quantitative estimate of drug-likeness (QED) is 0.388. The highest BCUT2D eigenvalue weighted by Gasteiger charge is 2.40. The van der Waals surface area contributed by atoms with Crippen molar-refractivity contribution < 1.29 is 28.9 Å². The molecule has 1 fully saturated rings. The van der Waals surface area contributed by atoms with Crippen molar-refractivity contribution in [3.05, 3.63) is 30.1 Å². The van der Waals surface area contributed by atoms with E-state index in [0.29, 0.717) is 45.0 Å². The van der Waals surface area contributed by atoms with Crippen LogP contribution in [0.4, 0.5) is 4.79 Å². The Balaban J connectivity index is 1.98. The number of imidazole rings is 1. The fourth-order valence-corrected chi connectivity index (χ4v) is 5.30. The Bertz CT molecular complexity index is 1110. The maximum Gasteiger partial charge on any atom is 0.410 e. The van der Waals surface area contributed by atoms with Gasteiger partial charge in [0.05, 0.1) is 29.8 Å². The molecular formula is C30H48N4O6. The number of nitrogens with zero attached hydrogens (tertiary/aromatic N) is 4. The van der Waals surface area contributed by atoms with E-state index in [-0.39, 0.29) is 30.4 Å². The average Bonchev–Trinajstić information content (AvgIpc) is 3.26. The fraction of sp³-hybridized carbons (Fsp3) is 0.700. The lowest BCUT2D eigenvalue weighted by atomic mass is 9.88. The van der Waals surface area contributed by atoms with Gasteiger partial charge in [-0.05, 0) is 58.1 Å². The first-order chi connectivity index (χ1) is 18.9. The number of aliphatic hydroxyl groups is 1. The zero-order valence-electron chi connectivity index (χ0n) is 25.3. The number of hydrogen-bond donors (Lipinski definition) is 1. The number of piperidine rings is 1. The maximum atomic E-state index is 14.4. The van der Waals surface area contributed by atoms with Crippen LogP contribution in [0.1, 0.15) is 64.5 Å². The molecule has 2 amide bonds. The molecule has 0 saturated carbocycles. The molecule has 2 aromatic rings. The lowest BCUT2D eigenvalue weighted by molar-refractivity contribution is -0.0348. The highest BCUT2D eigenvalue weighted by Crippen LogP contribution is 2.28. The van der Waals surface area contributed by atoms with E-state index < -0.39 is 17.8 Å². The van der Waals surface area contributed by atoms with E-state index in [9.17, 15) is 14.7 Å². The second-order valence-corrected chi connectivity index (χ2v) is 12.2. The van der Waals surface area contributed by atoms with Crippen LogP contribution < -0.4 is 0 Å². The van der Waals surface area contributed by atoms with Gasteiger partial charge in [0.2, 0.25) is 0 Å². The van der Waals surface area contributed by atoms with Crippen LogP contribution in [-0.4, -0.2) is 101 Å². The number of hydrogen-bond acceptors (Lipinski definition) is 7. The number of ether oxygens (including phenoxy) is 3. The number of carbonyl (C=O) groups excluding carboxylic acids is 2. The fourth-order valence-electron chi connectivity index (χ4n) is 5.30. The van der Waals surface area contributed by atoms with E-state index in [2.05, 4.69) is 13.8 Å². The summed E-state index contributed by atoms with van der Waals surface area (Å²) < 4.78 is 18.1. The number of aromatic nitrogens is 2. The number of amides is 2. The maximum absolute atomic E-state index is 14.4. The lowest BCUT2D eigenvalue weighted by Crippen LogP contribution is -2.57. The van der Waals surface area contributed by atoms with Crippen molar-refractivity contribution in [3.63, 3.8) is 0 Å². The van der Waals surface area contributed by atoms with Crippen molar-refractivity contribution >= 4 is 23.0 Å². The molecule has 0 spiro atoms. The second kappa shape index (κ2) is 14.3. The highest BCUT2D eigenvalue weighted by atomic mass is 16.6. The predicted molar refractivity (Wildman–Crippen MR) is 154 cm³/mol. The lowest BCUT2D eigenvalue weighted by Gasteiger charge is -2.44. The minimum absolute atomic E-state index is 0.148. The molecule has 1 aliphatic rings. The molecule has 3 rings (SSSR count).